The van der Waals surface area contributed by atoms with Gasteiger partial charge in [-0.15, -0.1) is 0 Å². The maximum atomic E-state index is 10.3. The molecule has 2 unspecified atom stereocenters. The van der Waals surface area contributed by atoms with E-state index in [0.29, 0.717) is 6.04 Å². The van der Waals surface area contributed by atoms with Gasteiger partial charge in [0.25, 0.3) is 0 Å². The van der Waals surface area contributed by atoms with E-state index in [2.05, 4.69) is 11.8 Å². The molecule has 2 saturated heterocycles. The summed E-state index contributed by atoms with van der Waals surface area (Å²) >= 11 is 0. The van der Waals surface area contributed by atoms with Crippen LogP contribution >= 0.6 is 0 Å². The molecule has 13 heavy (non-hydrogen) atoms. The first-order valence-corrected chi connectivity index (χ1v) is 5.70. The van der Waals surface area contributed by atoms with E-state index in [1.54, 1.807) is 0 Å². The number of hydrogen-bond donors (Lipinski definition) is 1. The predicted molar refractivity (Wildman–Crippen MR) is 53.7 cm³/mol. The van der Waals surface area contributed by atoms with Crippen LogP contribution in [0.1, 0.15) is 45.4 Å². The molecule has 0 aliphatic carbocycles. The van der Waals surface area contributed by atoms with Crippen LogP contribution in [-0.2, 0) is 0 Å². The summed E-state index contributed by atoms with van der Waals surface area (Å²) in [7, 11) is 0. The molecule has 2 aliphatic rings. The van der Waals surface area contributed by atoms with E-state index < -0.39 is 0 Å². The largest absolute Gasteiger partial charge is 0.390 e. The molecule has 2 aliphatic heterocycles. The fraction of sp³-hybridized carbons (Fsp3) is 1.00. The molecule has 76 valence electrons. The minimum atomic E-state index is -0.319. The molecule has 0 bridgehead atoms. The highest BCUT2D eigenvalue weighted by Gasteiger charge is 2.39. The van der Waals surface area contributed by atoms with Gasteiger partial charge in [-0.05, 0) is 38.6 Å². The first-order chi connectivity index (χ1) is 6.23. The summed E-state index contributed by atoms with van der Waals surface area (Å²) in [5.41, 5.74) is -0.319. The van der Waals surface area contributed by atoms with Crippen molar-refractivity contribution in [2.75, 3.05) is 13.1 Å². The minimum Gasteiger partial charge on any atom is -0.390 e. The Labute approximate surface area is 80.9 Å². The Bertz CT molecular complexity index is 183. The summed E-state index contributed by atoms with van der Waals surface area (Å²) in [6.45, 7) is 4.56. The average molecular weight is 183 g/mol. The molecule has 0 saturated carbocycles. The highest BCUT2D eigenvalue weighted by molar-refractivity contribution is 4.94. The third-order valence-electron chi connectivity index (χ3n) is 3.69. The first-order valence-electron chi connectivity index (χ1n) is 5.70. The Balaban J connectivity index is 1.95. The van der Waals surface area contributed by atoms with Crippen molar-refractivity contribution in [2.45, 2.75) is 57.1 Å². The van der Waals surface area contributed by atoms with Gasteiger partial charge >= 0.3 is 0 Å². The molecule has 2 heteroatoms. The van der Waals surface area contributed by atoms with Crippen LogP contribution in [0, 0.1) is 0 Å². The topological polar surface area (TPSA) is 23.5 Å². The lowest BCUT2D eigenvalue weighted by atomic mass is 9.83. The number of piperidine rings is 1. The second-order valence-electron chi connectivity index (χ2n) is 4.76. The van der Waals surface area contributed by atoms with Gasteiger partial charge in [-0.3, -0.25) is 0 Å². The maximum absolute atomic E-state index is 10.3. The monoisotopic (exact) mass is 183 g/mol. The zero-order chi connectivity index (χ0) is 9.31. The summed E-state index contributed by atoms with van der Waals surface area (Å²) in [6.07, 6.45) is 6.79. The van der Waals surface area contributed by atoms with Crippen LogP contribution in [0.15, 0.2) is 0 Å². The van der Waals surface area contributed by atoms with Crippen LogP contribution in [0.5, 0.6) is 0 Å². The van der Waals surface area contributed by atoms with Crippen molar-refractivity contribution in [3.63, 3.8) is 0 Å². The quantitative estimate of drug-likeness (QED) is 0.705. The van der Waals surface area contributed by atoms with Crippen LogP contribution in [0.25, 0.3) is 0 Å². The fourth-order valence-corrected chi connectivity index (χ4v) is 3.01. The van der Waals surface area contributed by atoms with Gasteiger partial charge in [0.05, 0.1) is 5.60 Å². The third-order valence-corrected chi connectivity index (χ3v) is 3.69. The fourth-order valence-electron chi connectivity index (χ4n) is 3.01. The molecular weight excluding hydrogens is 162 g/mol. The molecule has 0 spiro atoms. The van der Waals surface area contributed by atoms with Gasteiger partial charge in [-0.2, -0.15) is 0 Å². The summed E-state index contributed by atoms with van der Waals surface area (Å²) in [5.74, 6) is 0. The Kier molecular flexibility index (Phi) is 2.61. The van der Waals surface area contributed by atoms with Crippen LogP contribution in [0.3, 0.4) is 0 Å². The van der Waals surface area contributed by atoms with Crippen LogP contribution in [-0.4, -0.2) is 34.7 Å². The molecule has 0 amide bonds. The highest BCUT2D eigenvalue weighted by Crippen LogP contribution is 2.35. The van der Waals surface area contributed by atoms with E-state index in [9.17, 15) is 5.11 Å². The van der Waals surface area contributed by atoms with Crippen molar-refractivity contribution in [2.24, 2.45) is 0 Å². The number of rotatable bonds is 2. The molecule has 0 aromatic carbocycles. The molecule has 2 rings (SSSR count). The molecule has 0 aromatic rings. The van der Waals surface area contributed by atoms with E-state index >= 15 is 0 Å². The zero-order valence-corrected chi connectivity index (χ0v) is 8.63. The standard InChI is InChI=1S/C11H21NO/c1-2-5-11(13)6-8-12-7-3-4-10(12)9-11/h10,13H,2-9H2,1H3. The number of hydrogen-bond acceptors (Lipinski definition) is 2. The van der Waals surface area contributed by atoms with Crippen molar-refractivity contribution < 1.29 is 5.11 Å². The summed E-state index contributed by atoms with van der Waals surface area (Å²) in [6, 6.07) is 0.699. The number of nitrogens with zero attached hydrogens (tertiary/aromatic N) is 1. The van der Waals surface area contributed by atoms with Gasteiger partial charge in [0.2, 0.25) is 0 Å². The number of fused-ring (bicyclic) bond motifs is 1. The summed E-state index contributed by atoms with van der Waals surface area (Å²) in [5, 5.41) is 10.3. The predicted octanol–water partition coefficient (Wildman–Crippen LogP) is 1.78. The smallest absolute Gasteiger partial charge is 0.0674 e. The molecule has 0 radical (unpaired) electrons. The molecule has 1 N–H and O–H groups in total. The Morgan fingerprint density at radius 1 is 1.46 bits per heavy atom. The lowest BCUT2D eigenvalue weighted by Crippen LogP contribution is -2.47. The van der Waals surface area contributed by atoms with Gasteiger partial charge in [0.15, 0.2) is 0 Å². The number of aliphatic hydroxyl groups is 1. The molecule has 0 aromatic heterocycles. The van der Waals surface area contributed by atoms with Gasteiger partial charge in [0, 0.05) is 12.6 Å². The van der Waals surface area contributed by atoms with E-state index in [-0.39, 0.29) is 5.60 Å². The summed E-state index contributed by atoms with van der Waals surface area (Å²) in [4.78, 5) is 2.56. The van der Waals surface area contributed by atoms with Crippen LogP contribution in [0.4, 0.5) is 0 Å². The van der Waals surface area contributed by atoms with E-state index in [4.69, 9.17) is 0 Å². The zero-order valence-electron chi connectivity index (χ0n) is 8.63. The van der Waals surface area contributed by atoms with Gasteiger partial charge in [-0.1, -0.05) is 13.3 Å². The van der Waals surface area contributed by atoms with Crippen molar-refractivity contribution in [3.8, 4) is 0 Å². The van der Waals surface area contributed by atoms with Gasteiger partial charge < -0.3 is 10.0 Å². The van der Waals surface area contributed by atoms with E-state index in [0.717, 1.165) is 32.2 Å². The highest BCUT2D eigenvalue weighted by atomic mass is 16.3. The van der Waals surface area contributed by atoms with Crippen LogP contribution < -0.4 is 0 Å². The maximum Gasteiger partial charge on any atom is 0.0674 e. The van der Waals surface area contributed by atoms with Crippen LogP contribution in [0.2, 0.25) is 0 Å². The molecule has 2 atom stereocenters. The molecular formula is C11H21NO. The lowest BCUT2D eigenvalue weighted by molar-refractivity contribution is -0.0422. The Morgan fingerprint density at radius 3 is 3.08 bits per heavy atom. The second kappa shape index (κ2) is 3.58. The SMILES string of the molecule is CCCC1(O)CCN2CCCC2C1. The molecule has 2 fully saturated rings. The minimum absolute atomic E-state index is 0.319. The first kappa shape index (κ1) is 9.47. The van der Waals surface area contributed by atoms with Crippen molar-refractivity contribution in [3.05, 3.63) is 0 Å². The normalized spacial score (nSPS) is 40.6. The second-order valence-corrected chi connectivity index (χ2v) is 4.76. The lowest BCUT2D eigenvalue weighted by Gasteiger charge is -2.40. The van der Waals surface area contributed by atoms with E-state index in [1.165, 1.54) is 19.4 Å². The van der Waals surface area contributed by atoms with E-state index in [1.807, 2.05) is 0 Å². The van der Waals surface area contributed by atoms with Crippen molar-refractivity contribution >= 4 is 0 Å². The average Bonchev–Trinajstić information content (AvgIpc) is 2.50. The Morgan fingerprint density at radius 2 is 2.31 bits per heavy atom. The van der Waals surface area contributed by atoms with Crippen molar-refractivity contribution in [1.82, 2.24) is 4.90 Å². The molecule has 2 nitrogen and oxygen atoms in total. The van der Waals surface area contributed by atoms with Crippen molar-refractivity contribution in [1.29, 1.82) is 0 Å². The third kappa shape index (κ3) is 1.89. The summed E-state index contributed by atoms with van der Waals surface area (Å²) < 4.78 is 0. The van der Waals surface area contributed by atoms with Gasteiger partial charge in [0.1, 0.15) is 0 Å². The Hall–Kier alpha value is -0.0800. The van der Waals surface area contributed by atoms with Gasteiger partial charge in [-0.25, -0.2) is 0 Å². The molecule has 2 heterocycles.